The van der Waals surface area contributed by atoms with E-state index in [4.69, 9.17) is 0 Å². The van der Waals surface area contributed by atoms with Crippen LogP contribution in [-0.4, -0.2) is 30.2 Å². The van der Waals surface area contributed by atoms with Crippen LogP contribution in [-0.2, 0) is 6.42 Å². The van der Waals surface area contributed by atoms with Crippen molar-refractivity contribution in [3.05, 3.63) is 24.3 Å². The number of hydrogen-bond acceptors (Lipinski definition) is 5. The summed E-state index contributed by atoms with van der Waals surface area (Å²) in [5.41, 5.74) is 0. The van der Waals surface area contributed by atoms with Crippen molar-refractivity contribution in [3.63, 3.8) is 0 Å². The van der Waals surface area contributed by atoms with E-state index < -0.39 is 0 Å². The van der Waals surface area contributed by atoms with Gasteiger partial charge >= 0.3 is 0 Å². The molecule has 0 spiro atoms. The molecule has 0 aliphatic heterocycles. The predicted octanol–water partition coefficient (Wildman–Crippen LogP) is 0.405. The van der Waals surface area contributed by atoms with Crippen molar-refractivity contribution in [2.45, 2.75) is 19.8 Å². The van der Waals surface area contributed by atoms with Crippen molar-refractivity contribution in [2.75, 3.05) is 0 Å². The van der Waals surface area contributed by atoms with Gasteiger partial charge in [-0.05, 0) is 17.7 Å². The first-order chi connectivity index (χ1) is 6.90. The molecule has 14 heavy (non-hydrogen) atoms. The van der Waals surface area contributed by atoms with Crippen LogP contribution in [0.3, 0.4) is 0 Å². The lowest BCUT2D eigenvalue weighted by molar-refractivity contribution is 0.674. The van der Waals surface area contributed by atoms with E-state index in [9.17, 15) is 0 Å². The Balaban J connectivity index is 2.25. The van der Waals surface area contributed by atoms with Crippen LogP contribution in [0, 0.1) is 0 Å². The summed E-state index contributed by atoms with van der Waals surface area (Å²) in [5.74, 6) is 1.17. The maximum Gasteiger partial charge on any atom is 0.270 e. The molecule has 0 radical (unpaired) electrons. The Morgan fingerprint density at radius 1 is 1.29 bits per heavy atom. The highest BCUT2D eigenvalue weighted by molar-refractivity contribution is 5.03. The molecule has 0 unspecified atom stereocenters. The smallest absolute Gasteiger partial charge is 0.218 e. The molecule has 0 fully saturated rings. The molecule has 0 aliphatic rings. The first-order valence-corrected chi connectivity index (χ1v) is 4.46. The highest BCUT2D eigenvalue weighted by atomic mass is 15.6. The molecule has 0 N–H and O–H groups in total. The van der Waals surface area contributed by atoms with Crippen LogP contribution >= 0.6 is 0 Å². The topological polar surface area (TPSA) is 69.4 Å². The van der Waals surface area contributed by atoms with Gasteiger partial charge < -0.3 is 0 Å². The highest BCUT2D eigenvalue weighted by Crippen LogP contribution is 1.96. The first kappa shape index (κ1) is 8.74. The summed E-state index contributed by atoms with van der Waals surface area (Å²) in [7, 11) is 0. The van der Waals surface area contributed by atoms with Gasteiger partial charge in [0.15, 0.2) is 5.82 Å². The number of hydrogen-bond donors (Lipinski definition) is 0. The van der Waals surface area contributed by atoms with Gasteiger partial charge in [-0.3, -0.25) is 0 Å². The summed E-state index contributed by atoms with van der Waals surface area (Å²) < 4.78 is 0. The molecule has 2 rings (SSSR count). The quantitative estimate of drug-likeness (QED) is 0.700. The van der Waals surface area contributed by atoms with Crippen LogP contribution in [0.2, 0.25) is 0 Å². The number of aromatic nitrogens is 6. The van der Waals surface area contributed by atoms with Gasteiger partial charge in [-0.2, -0.15) is 0 Å². The average Bonchev–Trinajstić information content (AvgIpc) is 2.68. The Kier molecular flexibility index (Phi) is 2.44. The highest BCUT2D eigenvalue weighted by Gasteiger charge is 2.04. The molecule has 2 heterocycles. The minimum absolute atomic E-state index is 0.447. The normalized spacial score (nSPS) is 10.4. The van der Waals surface area contributed by atoms with Crippen LogP contribution in [0.15, 0.2) is 18.5 Å². The zero-order valence-corrected chi connectivity index (χ0v) is 7.83. The van der Waals surface area contributed by atoms with Crippen LogP contribution < -0.4 is 0 Å². The van der Waals surface area contributed by atoms with Crippen LogP contribution in [0.5, 0.6) is 0 Å². The van der Waals surface area contributed by atoms with Gasteiger partial charge in [0.25, 0.3) is 5.95 Å². The molecule has 0 atom stereocenters. The second-order valence-electron chi connectivity index (χ2n) is 2.79. The number of aryl methyl sites for hydroxylation is 1. The summed E-state index contributed by atoms with van der Waals surface area (Å²) in [5, 5.41) is 11.9. The fourth-order valence-corrected chi connectivity index (χ4v) is 1.05. The first-order valence-electron chi connectivity index (χ1n) is 4.46. The summed E-state index contributed by atoms with van der Waals surface area (Å²) in [6.45, 7) is 2.07. The molecule has 2 aromatic rings. The Bertz CT molecular complexity index is 395. The summed E-state index contributed by atoms with van der Waals surface area (Å²) in [6, 6.07) is 1.74. The standard InChI is InChI=1S/C8H10N6/c1-2-4-7-11-13-14(12-7)8-9-5-3-6-10-8/h3,5-6H,2,4H2,1H3. The minimum atomic E-state index is 0.447. The van der Waals surface area contributed by atoms with Crippen molar-refractivity contribution >= 4 is 0 Å². The third kappa shape index (κ3) is 1.73. The number of nitrogens with zero attached hydrogens (tertiary/aromatic N) is 6. The summed E-state index contributed by atoms with van der Waals surface area (Å²) in [6.07, 6.45) is 5.12. The van der Waals surface area contributed by atoms with Crippen molar-refractivity contribution in [2.24, 2.45) is 0 Å². The van der Waals surface area contributed by atoms with Crippen LogP contribution in [0.4, 0.5) is 0 Å². The van der Waals surface area contributed by atoms with E-state index >= 15 is 0 Å². The van der Waals surface area contributed by atoms with Crippen molar-refractivity contribution in [3.8, 4) is 5.95 Å². The van der Waals surface area contributed by atoms with Crippen molar-refractivity contribution in [1.29, 1.82) is 0 Å². The Hall–Kier alpha value is -1.85. The van der Waals surface area contributed by atoms with Crippen LogP contribution in [0.1, 0.15) is 19.2 Å². The zero-order chi connectivity index (χ0) is 9.80. The van der Waals surface area contributed by atoms with Gasteiger partial charge in [-0.1, -0.05) is 11.7 Å². The lowest BCUT2D eigenvalue weighted by Crippen LogP contribution is -2.04. The molecule has 0 saturated heterocycles. The zero-order valence-electron chi connectivity index (χ0n) is 7.83. The lowest BCUT2D eigenvalue weighted by Gasteiger charge is -1.92. The van der Waals surface area contributed by atoms with Gasteiger partial charge in [-0.25, -0.2) is 9.97 Å². The van der Waals surface area contributed by atoms with E-state index in [1.54, 1.807) is 18.5 Å². The number of rotatable bonds is 3. The summed E-state index contributed by atoms with van der Waals surface area (Å²) in [4.78, 5) is 9.36. The van der Waals surface area contributed by atoms with E-state index in [1.165, 1.54) is 4.80 Å². The molecule has 0 saturated carbocycles. The lowest BCUT2D eigenvalue weighted by atomic mass is 10.3. The molecule has 0 aromatic carbocycles. The van der Waals surface area contributed by atoms with E-state index in [0.29, 0.717) is 5.95 Å². The largest absolute Gasteiger partial charge is 0.270 e. The Morgan fingerprint density at radius 2 is 2.07 bits per heavy atom. The van der Waals surface area contributed by atoms with Gasteiger partial charge in [0.2, 0.25) is 0 Å². The fraction of sp³-hybridized carbons (Fsp3) is 0.375. The third-order valence-corrected chi connectivity index (χ3v) is 1.66. The molecule has 72 valence electrons. The van der Waals surface area contributed by atoms with E-state index in [1.807, 2.05) is 0 Å². The third-order valence-electron chi connectivity index (χ3n) is 1.66. The molecular weight excluding hydrogens is 180 g/mol. The maximum absolute atomic E-state index is 4.14. The SMILES string of the molecule is CCCc1nnn(-c2ncccn2)n1. The molecule has 0 aliphatic carbocycles. The monoisotopic (exact) mass is 190 g/mol. The molecular formula is C8H10N6. The van der Waals surface area contributed by atoms with E-state index in [-0.39, 0.29) is 0 Å². The molecule has 0 amide bonds. The predicted molar refractivity (Wildman–Crippen MR) is 48.7 cm³/mol. The Labute approximate surface area is 81.0 Å². The maximum atomic E-state index is 4.14. The van der Waals surface area contributed by atoms with Crippen LogP contribution in [0.25, 0.3) is 5.95 Å². The minimum Gasteiger partial charge on any atom is -0.218 e. The molecule has 6 heteroatoms. The summed E-state index contributed by atoms with van der Waals surface area (Å²) >= 11 is 0. The molecule has 0 bridgehead atoms. The van der Waals surface area contributed by atoms with Gasteiger partial charge in [-0.15, -0.1) is 10.2 Å². The Morgan fingerprint density at radius 3 is 2.79 bits per heavy atom. The van der Waals surface area contributed by atoms with E-state index in [2.05, 4.69) is 32.3 Å². The average molecular weight is 190 g/mol. The van der Waals surface area contributed by atoms with Crippen molar-refractivity contribution < 1.29 is 0 Å². The molecule has 6 nitrogen and oxygen atoms in total. The van der Waals surface area contributed by atoms with E-state index in [0.717, 1.165) is 18.7 Å². The van der Waals surface area contributed by atoms with Gasteiger partial charge in [0, 0.05) is 18.8 Å². The van der Waals surface area contributed by atoms with Crippen molar-refractivity contribution in [1.82, 2.24) is 30.2 Å². The van der Waals surface area contributed by atoms with Gasteiger partial charge in [0.1, 0.15) is 0 Å². The second-order valence-corrected chi connectivity index (χ2v) is 2.79. The number of tetrazole rings is 1. The second kappa shape index (κ2) is 3.91. The fourth-order valence-electron chi connectivity index (χ4n) is 1.05. The molecule has 2 aromatic heterocycles. The van der Waals surface area contributed by atoms with Gasteiger partial charge in [0.05, 0.1) is 0 Å².